The summed E-state index contributed by atoms with van der Waals surface area (Å²) in [6.07, 6.45) is 2.71. The van der Waals surface area contributed by atoms with Crippen LogP contribution in [0, 0.1) is 6.92 Å². The molecule has 0 bridgehead atoms. The highest BCUT2D eigenvalue weighted by atomic mass is 32.1. The van der Waals surface area contributed by atoms with Gasteiger partial charge < -0.3 is 4.90 Å². The Morgan fingerprint density at radius 3 is 3.00 bits per heavy atom. The first kappa shape index (κ1) is 11.7. The van der Waals surface area contributed by atoms with Crippen molar-refractivity contribution >= 4 is 26.8 Å². The minimum Gasteiger partial charge on any atom is -0.345 e. The van der Waals surface area contributed by atoms with Gasteiger partial charge >= 0.3 is 0 Å². The first-order valence-corrected chi connectivity index (χ1v) is 7.83. The molecule has 0 unspecified atom stereocenters. The number of hydrogen-bond donors (Lipinski definition) is 0. The number of anilines is 1. The summed E-state index contributed by atoms with van der Waals surface area (Å²) in [5.74, 6) is 0. The molecule has 6 heteroatoms. The van der Waals surface area contributed by atoms with Crippen molar-refractivity contribution in [1.29, 1.82) is 0 Å². The number of aryl methyl sites for hydroxylation is 2. The molecule has 0 N–H and O–H groups in total. The van der Waals surface area contributed by atoms with E-state index in [1.165, 1.54) is 35.8 Å². The van der Waals surface area contributed by atoms with Crippen LogP contribution in [0.1, 0.15) is 18.5 Å². The maximum atomic E-state index is 4.80. The Bertz CT molecular complexity index is 581. The van der Waals surface area contributed by atoms with Gasteiger partial charge in [0.25, 0.3) is 0 Å². The largest absolute Gasteiger partial charge is 0.345 e. The molecule has 4 heterocycles. The van der Waals surface area contributed by atoms with Crippen molar-refractivity contribution in [1.82, 2.24) is 19.7 Å². The van der Waals surface area contributed by atoms with Crippen molar-refractivity contribution in [2.45, 2.75) is 25.8 Å². The fraction of sp³-hybridized carbons (Fsp3) is 0.692. The Morgan fingerprint density at radius 2 is 2.16 bits per heavy atom. The molecule has 0 saturated carbocycles. The lowest BCUT2D eigenvalue weighted by Gasteiger charge is -2.37. The molecule has 0 amide bonds. The van der Waals surface area contributed by atoms with Crippen LogP contribution in [0.4, 0.5) is 5.13 Å². The van der Waals surface area contributed by atoms with Gasteiger partial charge in [0.1, 0.15) is 0 Å². The van der Waals surface area contributed by atoms with Crippen LogP contribution in [0.15, 0.2) is 0 Å². The minimum absolute atomic E-state index is 0.750. The summed E-state index contributed by atoms with van der Waals surface area (Å²) in [7, 11) is 1.98. The monoisotopic (exact) mass is 277 g/mol. The van der Waals surface area contributed by atoms with Crippen molar-refractivity contribution in [3.63, 3.8) is 0 Å². The molecule has 1 atom stereocenters. The van der Waals surface area contributed by atoms with Gasteiger partial charge in [-0.25, -0.2) is 9.67 Å². The molecule has 0 aromatic carbocycles. The van der Waals surface area contributed by atoms with Gasteiger partial charge in [-0.3, -0.25) is 4.90 Å². The number of nitrogens with zero attached hydrogens (tertiary/aromatic N) is 5. The highest BCUT2D eigenvalue weighted by Crippen LogP contribution is 2.33. The zero-order valence-electron chi connectivity index (χ0n) is 11.5. The van der Waals surface area contributed by atoms with Crippen LogP contribution in [-0.4, -0.2) is 51.9 Å². The summed E-state index contributed by atoms with van der Waals surface area (Å²) in [5, 5.41) is 5.61. The standard InChI is InChI=1S/C13H19N5S/c1-9-11-12(16(2)15-9)14-13(19-11)18-7-6-17-5-3-4-10(17)8-18/h10H,3-8H2,1-2H3/t10-/m1/s1. The van der Waals surface area contributed by atoms with Gasteiger partial charge in [-0.05, 0) is 26.3 Å². The van der Waals surface area contributed by atoms with Crippen molar-refractivity contribution in [3.05, 3.63) is 5.69 Å². The van der Waals surface area contributed by atoms with Gasteiger partial charge in [-0.1, -0.05) is 11.3 Å². The number of piperazine rings is 1. The smallest absolute Gasteiger partial charge is 0.188 e. The van der Waals surface area contributed by atoms with E-state index in [0.717, 1.165) is 30.5 Å². The summed E-state index contributed by atoms with van der Waals surface area (Å²) in [6, 6.07) is 0.750. The van der Waals surface area contributed by atoms with Gasteiger partial charge in [0.05, 0.1) is 10.4 Å². The van der Waals surface area contributed by atoms with Crippen LogP contribution in [0.25, 0.3) is 10.3 Å². The molecule has 2 aromatic rings. The van der Waals surface area contributed by atoms with Gasteiger partial charge in [0.15, 0.2) is 10.8 Å². The average Bonchev–Trinajstić information content (AvgIpc) is 3.08. The zero-order chi connectivity index (χ0) is 13.0. The Hall–Kier alpha value is -1.14. The number of rotatable bonds is 1. The quantitative estimate of drug-likeness (QED) is 0.794. The summed E-state index contributed by atoms with van der Waals surface area (Å²) in [6.45, 7) is 6.81. The molecular weight excluding hydrogens is 258 g/mol. The number of aromatic nitrogens is 3. The molecule has 0 aliphatic carbocycles. The third kappa shape index (κ3) is 1.77. The molecule has 0 radical (unpaired) electrons. The van der Waals surface area contributed by atoms with Crippen molar-refractivity contribution in [2.75, 3.05) is 31.1 Å². The Balaban J connectivity index is 1.65. The Morgan fingerprint density at radius 1 is 1.26 bits per heavy atom. The van der Waals surface area contributed by atoms with E-state index in [-0.39, 0.29) is 0 Å². The maximum absolute atomic E-state index is 4.80. The van der Waals surface area contributed by atoms with E-state index in [1.54, 1.807) is 11.3 Å². The number of fused-ring (bicyclic) bond motifs is 2. The molecule has 5 nitrogen and oxygen atoms in total. The molecule has 2 aliphatic rings. The van der Waals surface area contributed by atoms with E-state index >= 15 is 0 Å². The highest BCUT2D eigenvalue weighted by molar-refractivity contribution is 7.22. The molecule has 102 valence electrons. The molecule has 2 fully saturated rings. The highest BCUT2D eigenvalue weighted by Gasteiger charge is 2.31. The zero-order valence-corrected chi connectivity index (χ0v) is 12.3. The van der Waals surface area contributed by atoms with E-state index in [4.69, 9.17) is 4.98 Å². The van der Waals surface area contributed by atoms with Crippen LogP contribution >= 0.6 is 11.3 Å². The molecule has 2 saturated heterocycles. The van der Waals surface area contributed by atoms with Crippen LogP contribution in [0.2, 0.25) is 0 Å². The Kier molecular flexibility index (Phi) is 2.57. The van der Waals surface area contributed by atoms with E-state index in [0.29, 0.717) is 0 Å². The third-order valence-corrected chi connectivity index (χ3v) is 5.61. The molecule has 4 rings (SSSR count). The van der Waals surface area contributed by atoms with E-state index in [1.807, 2.05) is 11.7 Å². The van der Waals surface area contributed by atoms with Crippen molar-refractivity contribution in [2.24, 2.45) is 7.05 Å². The normalized spacial score (nSPS) is 24.3. The van der Waals surface area contributed by atoms with E-state index in [9.17, 15) is 0 Å². The fourth-order valence-electron chi connectivity index (χ4n) is 3.37. The molecule has 2 aliphatic heterocycles. The second kappa shape index (κ2) is 4.18. The summed E-state index contributed by atoms with van der Waals surface area (Å²) < 4.78 is 3.14. The van der Waals surface area contributed by atoms with Crippen LogP contribution < -0.4 is 4.90 Å². The van der Waals surface area contributed by atoms with Crippen molar-refractivity contribution in [3.8, 4) is 0 Å². The first-order chi connectivity index (χ1) is 9.22. The van der Waals surface area contributed by atoms with Gasteiger partial charge in [-0.15, -0.1) is 0 Å². The van der Waals surface area contributed by atoms with Crippen LogP contribution in [0.5, 0.6) is 0 Å². The third-order valence-electron chi connectivity index (χ3n) is 4.39. The predicted octanol–water partition coefficient (Wildman–Crippen LogP) is 1.62. The summed E-state index contributed by atoms with van der Waals surface area (Å²) in [5.41, 5.74) is 2.13. The van der Waals surface area contributed by atoms with E-state index < -0.39 is 0 Å². The fourth-order valence-corrected chi connectivity index (χ4v) is 4.44. The van der Waals surface area contributed by atoms with Crippen LogP contribution in [0.3, 0.4) is 0 Å². The van der Waals surface area contributed by atoms with Gasteiger partial charge in [0, 0.05) is 32.7 Å². The van der Waals surface area contributed by atoms with Gasteiger partial charge in [0.2, 0.25) is 0 Å². The van der Waals surface area contributed by atoms with E-state index in [2.05, 4.69) is 21.8 Å². The second-order valence-corrected chi connectivity index (χ2v) is 6.61. The topological polar surface area (TPSA) is 37.2 Å². The Labute approximate surface area is 116 Å². The number of thiazole rings is 1. The van der Waals surface area contributed by atoms with Crippen LogP contribution in [-0.2, 0) is 7.05 Å². The average molecular weight is 277 g/mol. The lowest BCUT2D eigenvalue weighted by Crippen LogP contribution is -2.50. The molecule has 2 aromatic heterocycles. The maximum Gasteiger partial charge on any atom is 0.188 e. The second-order valence-electron chi connectivity index (χ2n) is 5.64. The molecule has 0 spiro atoms. The summed E-state index contributed by atoms with van der Waals surface area (Å²) in [4.78, 5) is 9.90. The minimum atomic E-state index is 0.750. The van der Waals surface area contributed by atoms with Crippen molar-refractivity contribution < 1.29 is 0 Å². The SMILES string of the molecule is Cc1nn(C)c2nc(N3CCN4CCC[C@@H]4C3)sc12. The van der Waals surface area contributed by atoms with Gasteiger partial charge in [-0.2, -0.15) is 5.10 Å². The lowest BCUT2D eigenvalue weighted by atomic mass is 10.2. The number of hydrogen-bond acceptors (Lipinski definition) is 5. The predicted molar refractivity (Wildman–Crippen MR) is 77.9 cm³/mol. The first-order valence-electron chi connectivity index (χ1n) is 7.01. The summed E-state index contributed by atoms with van der Waals surface area (Å²) >= 11 is 1.80. The molecular formula is C13H19N5S. The lowest BCUT2D eigenvalue weighted by molar-refractivity contribution is 0.231. The molecule has 19 heavy (non-hydrogen) atoms.